The fourth-order valence-electron chi connectivity index (χ4n) is 7.13. The van der Waals surface area contributed by atoms with E-state index in [0.717, 1.165) is 39.9 Å². The minimum Gasteiger partial charge on any atom is -0.304 e. The molecule has 6 rings (SSSR count). The molecule has 0 aliphatic rings. The molecule has 2 aromatic carbocycles. The molecule has 0 spiro atoms. The highest BCUT2D eigenvalue weighted by Crippen LogP contribution is 2.22. The molecule has 4 heterocycles. The van der Waals surface area contributed by atoms with E-state index in [-0.39, 0.29) is 54.9 Å². The SMILES string of the molecule is C.Cc1cc(/C=C/C#N)cc(C(=O)c2[nH]c(=O)[nH]c(=O)c2C(C)C)c1.Cc1cc(/C=C/C#N)cc(C(=O)c2c(C(C)C)c(=O)[nH]c(=O)n2Cc2ccnc(C)c2)c1.Cc1cc(COS(C)(=O)=O)ccn1. The molecule has 70 heavy (non-hydrogen) atoms. The number of carbonyl (C=O) groups excluding carboxylic acids is 2. The summed E-state index contributed by atoms with van der Waals surface area (Å²) in [6.07, 6.45) is 10.1. The number of rotatable bonds is 13. The Labute approximate surface area is 406 Å². The van der Waals surface area contributed by atoms with E-state index >= 15 is 0 Å². The van der Waals surface area contributed by atoms with Gasteiger partial charge in [-0.2, -0.15) is 18.9 Å². The monoisotopic (exact) mass is 968 g/mol. The molecule has 0 saturated heterocycles. The maximum absolute atomic E-state index is 13.7. The summed E-state index contributed by atoms with van der Waals surface area (Å²) in [7, 11) is -3.36. The first-order valence-electron chi connectivity index (χ1n) is 21.4. The zero-order valence-corrected chi connectivity index (χ0v) is 40.4. The number of carbonyl (C=O) groups is 2. The number of allylic oxidation sites excluding steroid dienone is 2. The Morgan fingerprint density at radius 1 is 0.700 bits per heavy atom. The molecule has 0 aliphatic carbocycles. The lowest BCUT2D eigenvalue weighted by atomic mass is 9.95. The Morgan fingerprint density at radius 3 is 1.67 bits per heavy atom. The van der Waals surface area contributed by atoms with E-state index in [2.05, 4.69) is 29.1 Å². The van der Waals surface area contributed by atoms with Crippen molar-refractivity contribution in [3.05, 3.63) is 205 Å². The standard InChI is InChI=1S/C25H24N4O3.C18H17N3O3.C8H11NO3S.CH4/c1-15(2)21-22(23(30)20-11-16(3)10-18(13-20)6-5-8-26)29(25(32)28-24(21)31)14-19-7-9-27-17(4)12-19;1-10(2)14-15(20-18(24)21-17(14)23)16(22)13-8-11(3)7-12(9-13)5-4-6-19;1-7-5-8(3-4-9-7)6-12-13(2,10)11;/h5-7,9-13,15H,14H2,1-4H3,(H,28,31,32);4-5,7-10H,1-3H3,(H2,20,21,23,24);3-5H,6H2,1-2H3;1H4/b6-5+;5-4+;;. The second kappa shape index (κ2) is 25.3. The van der Waals surface area contributed by atoms with Gasteiger partial charge in [0.2, 0.25) is 11.6 Å². The van der Waals surface area contributed by atoms with Crippen LogP contribution in [0.25, 0.3) is 12.2 Å². The number of H-pyrrole nitrogens is 3. The summed E-state index contributed by atoms with van der Waals surface area (Å²) in [6, 6.07) is 21.3. The predicted molar refractivity (Wildman–Crippen MR) is 269 cm³/mol. The summed E-state index contributed by atoms with van der Waals surface area (Å²) in [4.78, 5) is 90.8. The van der Waals surface area contributed by atoms with Crippen LogP contribution < -0.4 is 22.5 Å². The molecule has 0 unspecified atom stereocenters. The van der Waals surface area contributed by atoms with Gasteiger partial charge in [-0.1, -0.05) is 47.3 Å². The highest BCUT2D eigenvalue weighted by Gasteiger charge is 2.25. The molecule has 0 radical (unpaired) electrons. The van der Waals surface area contributed by atoms with Gasteiger partial charge in [-0.25, -0.2) is 9.59 Å². The van der Waals surface area contributed by atoms with Gasteiger partial charge in [-0.3, -0.25) is 47.9 Å². The van der Waals surface area contributed by atoms with E-state index in [1.165, 1.54) is 16.7 Å². The molecular weight excluding hydrogens is 913 g/mol. The smallest absolute Gasteiger partial charge is 0.304 e. The Kier molecular flexibility index (Phi) is 20.3. The number of nitriles is 2. The summed E-state index contributed by atoms with van der Waals surface area (Å²) in [6.45, 7) is 14.7. The average Bonchev–Trinajstić information content (AvgIpc) is 3.26. The van der Waals surface area contributed by atoms with Crippen LogP contribution in [0.1, 0.15) is 135 Å². The van der Waals surface area contributed by atoms with Crippen molar-refractivity contribution in [2.24, 2.45) is 0 Å². The molecule has 17 nitrogen and oxygen atoms in total. The lowest BCUT2D eigenvalue weighted by molar-refractivity contribution is 0.102. The molecule has 18 heteroatoms. The Bertz CT molecular complexity index is 3400. The van der Waals surface area contributed by atoms with Gasteiger partial charge in [-0.15, -0.1) is 0 Å². The van der Waals surface area contributed by atoms with Gasteiger partial charge in [-0.05, 0) is 134 Å². The first-order valence-corrected chi connectivity index (χ1v) is 23.2. The van der Waals surface area contributed by atoms with Gasteiger partial charge in [0.15, 0.2) is 0 Å². The Morgan fingerprint density at radius 2 is 1.19 bits per heavy atom. The van der Waals surface area contributed by atoms with E-state index in [0.29, 0.717) is 22.3 Å². The highest BCUT2D eigenvalue weighted by atomic mass is 32.2. The van der Waals surface area contributed by atoms with Crippen molar-refractivity contribution >= 4 is 33.8 Å². The van der Waals surface area contributed by atoms with E-state index in [1.807, 2.05) is 71.9 Å². The van der Waals surface area contributed by atoms with Gasteiger partial charge < -0.3 is 4.98 Å². The van der Waals surface area contributed by atoms with Gasteiger partial charge in [0.25, 0.3) is 21.2 Å². The topological polar surface area (TPSA) is 271 Å². The number of ketones is 2. The Hall–Kier alpha value is -8.19. The number of aromatic amines is 3. The largest absolute Gasteiger partial charge is 0.329 e. The zero-order chi connectivity index (χ0) is 51.2. The molecule has 6 aromatic rings. The van der Waals surface area contributed by atoms with E-state index in [1.54, 1.807) is 80.9 Å². The number of hydrogen-bond acceptors (Lipinski definition) is 13. The molecule has 0 amide bonds. The molecule has 0 fully saturated rings. The van der Waals surface area contributed by atoms with Crippen LogP contribution in [0.4, 0.5) is 0 Å². The molecule has 0 aliphatic heterocycles. The summed E-state index contributed by atoms with van der Waals surface area (Å²) in [5.41, 5.74) is 5.03. The van der Waals surface area contributed by atoms with Crippen LogP contribution in [0.5, 0.6) is 0 Å². The molecule has 4 aromatic heterocycles. The number of nitrogens with zero attached hydrogens (tertiary/aromatic N) is 5. The van der Waals surface area contributed by atoms with Gasteiger partial charge in [0, 0.05) is 58.2 Å². The third-order valence-electron chi connectivity index (χ3n) is 9.94. The fourth-order valence-corrected chi connectivity index (χ4v) is 7.48. The number of benzene rings is 2. The minimum absolute atomic E-state index is 0. The molecule has 3 N–H and O–H groups in total. The summed E-state index contributed by atoms with van der Waals surface area (Å²) in [5, 5.41) is 17.5. The average molecular weight is 969 g/mol. The number of aryl methyl sites for hydroxylation is 4. The summed E-state index contributed by atoms with van der Waals surface area (Å²) >= 11 is 0. The number of pyridine rings is 2. The van der Waals surface area contributed by atoms with Crippen molar-refractivity contribution in [1.29, 1.82) is 10.5 Å². The molecule has 0 saturated carbocycles. The van der Waals surface area contributed by atoms with Crippen molar-refractivity contribution in [3.63, 3.8) is 0 Å². The third kappa shape index (κ3) is 16.0. The number of hydrogen-bond donors (Lipinski definition) is 3. The molecule has 0 bridgehead atoms. The van der Waals surface area contributed by atoms with Crippen LogP contribution in [-0.2, 0) is 27.5 Å². The van der Waals surface area contributed by atoms with Crippen molar-refractivity contribution < 1.29 is 22.2 Å². The van der Waals surface area contributed by atoms with Crippen molar-refractivity contribution in [2.75, 3.05) is 6.26 Å². The maximum Gasteiger partial charge on any atom is 0.329 e. The third-order valence-corrected chi connectivity index (χ3v) is 10.5. The Balaban J connectivity index is 0.000000300. The zero-order valence-electron chi connectivity index (χ0n) is 39.6. The van der Waals surface area contributed by atoms with Crippen LogP contribution >= 0.6 is 0 Å². The van der Waals surface area contributed by atoms with Crippen LogP contribution in [0.2, 0.25) is 0 Å². The summed E-state index contributed by atoms with van der Waals surface area (Å²) in [5.74, 6) is -1.37. The van der Waals surface area contributed by atoms with Crippen molar-refractivity contribution in [1.82, 2.24) is 29.5 Å². The normalized spacial score (nSPS) is 11.0. The first kappa shape index (κ1) is 56.1. The molecule has 364 valence electrons. The highest BCUT2D eigenvalue weighted by molar-refractivity contribution is 7.85. The number of nitrogens with one attached hydrogen (secondary N) is 3. The number of aromatic nitrogens is 6. The summed E-state index contributed by atoms with van der Waals surface area (Å²) < 4.78 is 27.2. The molecule has 0 atom stereocenters. The second-order valence-electron chi connectivity index (χ2n) is 16.5. The van der Waals surface area contributed by atoms with Gasteiger partial charge >= 0.3 is 11.4 Å². The lowest BCUT2D eigenvalue weighted by Crippen LogP contribution is -2.38. The van der Waals surface area contributed by atoms with E-state index < -0.39 is 44.2 Å². The van der Waals surface area contributed by atoms with Gasteiger partial charge in [0.1, 0.15) is 5.69 Å². The fraction of sp³-hybridized carbons (Fsp3) is 0.269. The quantitative estimate of drug-likeness (QED) is 0.0585. The molecular formula is C52H56N8O9S. The predicted octanol–water partition coefficient (Wildman–Crippen LogP) is 7.25. The van der Waals surface area contributed by atoms with Crippen LogP contribution in [0.3, 0.4) is 0 Å². The van der Waals surface area contributed by atoms with Crippen molar-refractivity contribution in [2.45, 2.75) is 87.8 Å². The maximum atomic E-state index is 13.7. The second-order valence-corrected chi connectivity index (χ2v) is 18.2. The van der Waals surface area contributed by atoms with Crippen LogP contribution in [0.15, 0.2) is 104 Å². The van der Waals surface area contributed by atoms with Crippen LogP contribution in [0, 0.1) is 50.4 Å². The minimum atomic E-state index is -3.36. The van der Waals surface area contributed by atoms with Crippen molar-refractivity contribution in [3.8, 4) is 12.1 Å². The van der Waals surface area contributed by atoms with E-state index in [4.69, 9.17) is 10.5 Å². The van der Waals surface area contributed by atoms with Crippen LogP contribution in [-0.4, -0.2) is 55.7 Å². The lowest BCUT2D eigenvalue weighted by Gasteiger charge is -2.18. The first-order chi connectivity index (χ1) is 32.5. The van der Waals surface area contributed by atoms with Gasteiger partial charge in [0.05, 0.1) is 37.2 Å². The van der Waals surface area contributed by atoms with E-state index in [9.17, 15) is 37.2 Å².